The molecule has 0 spiro atoms. The number of aliphatic hydroxyl groups excluding tert-OH is 2. The molecule has 2 aliphatic carbocycles. The number of β-amino-alcohol motifs (C(OH)–C–C–N with tert-alkyl or cyclic N) is 1. The van der Waals surface area contributed by atoms with Crippen LogP contribution < -0.4 is 5.32 Å². The number of hydrogen-bond donors (Lipinski definition) is 3. The minimum absolute atomic E-state index is 0.0471. The van der Waals surface area contributed by atoms with Crippen LogP contribution in [-0.4, -0.2) is 73.3 Å². The highest BCUT2D eigenvalue weighted by atomic mass is 16.3. The molecule has 9 nitrogen and oxygen atoms in total. The van der Waals surface area contributed by atoms with Crippen molar-refractivity contribution in [2.75, 3.05) is 13.2 Å². The van der Waals surface area contributed by atoms with Gasteiger partial charge in [-0.15, -0.1) is 5.10 Å². The topological polar surface area (TPSA) is 121 Å². The van der Waals surface area contributed by atoms with Crippen molar-refractivity contribution in [3.05, 3.63) is 11.9 Å². The molecule has 3 aliphatic rings. The maximum atomic E-state index is 13.8. The molecule has 3 fully saturated rings. The first-order valence-electron chi connectivity index (χ1n) is 12.3. The number of amides is 2. The molecular formula is C24H39N5O4. The largest absolute Gasteiger partial charge is 0.396 e. The predicted molar refractivity (Wildman–Crippen MR) is 122 cm³/mol. The molecule has 0 bridgehead atoms. The second-order valence-corrected chi connectivity index (χ2v) is 11.6. The first-order valence-corrected chi connectivity index (χ1v) is 12.3. The zero-order valence-electron chi connectivity index (χ0n) is 20.4. The van der Waals surface area contributed by atoms with E-state index in [-0.39, 0.29) is 49.3 Å². The Bertz CT molecular complexity index is 876. The molecule has 0 radical (unpaired) electrons. The maximum Gasteiger partial charge on any atom is 0.248 e. The molecule has 0 aromatic carbocycles. The fraction of sp³-hybridized carbons (Fsp3) is 0.833. The van der Waals surface area contributed by atoms with E-state index in [9.17, 15) is 19.8 Å². The summed E-state index contributed by atoms with van der Waals surface area (Å²) < 4.78 is 1.64. The fourth-order valence-electron chi connectivity index (χ4n) is 5.59. The molecule has 4 rings (SSSR count). The summed E-state index contributed by atoms with van der Waals surface area (Å²) in [5.41, 5.74) is 0.458. The number of likely N-dealkylation sites (tertiary alicyclic amines) is 1. The van der Waals surface area contributed by atoms with Crippen molar-refractivity contribution in [2.24, 2.45) is 23.2 Å². The van der Waals surface area contributed by atoms with Crippen LogP contribution in [0.3, 0.4) is 0 Å². The maximum absolute atomic E-state index is 13.8. The van der Waals surface area contributed by atoms with Gasteiger partial charge in [-0.1, -0.05) is 39.8 Å². The van der Waals surface area contributed by atoms with Crippen LogP contribution in [0.4, 0.5) is 0 Å². The standard InChI is InChI=1S/C24H39N5O4/c1-13-14(2)18(8-16(13)12-30)25-22(32)20-9-17(31)10-28(20)23(33)21(24(3,4)5)29-11-19(26-27-29)15-6-7-15/h11,13-18,20-21,30-31H,6-10,12H2,1-5H3,(H,25,32)/t13-,14+,16+,17-,18+,20+,21-/m1/s1. The van der Waals surface area contributed by atoms with Gasteiger partial charge in [0.1, 0.15) is 12.1 Å². The van der Waals surface area contributed by atoms with Gasteiger partial charge in [0.05, 0.1) is 11.8 Å². The Labute approximate surface area is 195 Å². The van der Waals surface area contributed by atoms with E-state index in [0.717, 1.165) is 25.0 Å². The predicted octanol–water partition coefficient (Wildman–Crippen LogP) is 1.47. The molecule has 184 valence electrons. The normalized spacial score (nSPS) is 33.4. The average molecular weight is 462 g/mol. The van der Waals surface area contributed by atoms with Gasteiger partial charge in [-0.2, -0.15) is 0 Å². The molecule has 9 heteroatoms. The Morgan fingerprint density at radius 2 is 1.91 bits per heavy atom. The van der Waals surface area contributed by atoms with Crippen molar-refractivity contribution in [1.29, 1.82) is 0 Å². The second-order valence-electron chi connectivity index (χ2n) is 11.6. The number of aromatic nitrogens is 3. The number of nitrogens with one attached hydrogen (secondary N) is 1. The summed E-state index contributed by atoms with van der Waals surface area (Å²) in [5, 5.41) is 31.7. The van der Waals surface area contributed by atoms with Crippen LogP contribution >= 0.6 is 0 Å². The van der Waals surface area contributed by atoms with Gasteiger partial charge in [0.15, 0.2) is 0 Å². The smallest absolute Gasteiger partial charge is 0.248 e. The van der Waals surface area contributed by atoms with Gasteiger partial charge in [0.25, 0.3) is 0 Å². The average Bonchev–Trinajstić information content (AvgIpc) is 3.25. The fourth-order valence-corrected chi connectivity index (χ4v) is 5.59. The monoisotopic (exact) mass is 461 g/mol. The second kappa shape index (κ2) is 8.98. The highest BCUT2D eigenvalue weighted by Gasteiger charge is 2.47. The Balaban J connectivity index is 1.52. The molecule has 2 saturated carbocycles. The first-order chi connectivity index (χ1) is 15.5. The SMILES string of the molecule is C[C@H]1[C@H](CO)C[C@H](NC(=O)[C@@H]2C[C@@H](O)CN2C(=O)[C@@H](n2cc(C3CC3)nn2)C(C)(C)C)[C@H]1C. The van der Waals surface area contributed by atoms with Crippen molar-refractivity contribution < 1.29 is 19.8 Å². The number of aliphatic hydroxyl groups is 2. The van der Waals surface area contributed by atoms with Crippen LogP contribution in [0.15, 0.2) is 6.20 Å². The van der Waals surface area contributed by atoms with E-state index in [4.69, 9.17) is 0 Å². The third kappa shape index (κ3) is 4.80. The molecule has 2 amide bonds. The highest BCUT2D eigenvalue weighted by molar-refractivity contribution is 5.90. The molecule has 7 atom stereocenters. The van der Waals surface area contributed by atoms with Gasteiger partial charge in [0.2, 0.25) is 11.8 Å². The number of carbonyl (C=O) groups excluding carboxylic acids is 2. The van der Waals surface area contributed by atoms with Crippen LogP contribution in [0, 0.1) is 23.2 Å². The minimum atomic E-state index is -0.742. The van der Waals surface area contributed by atoms with E-state index in [1.54, 1.807) is 4.68 Å². The Morgan fingerprint density at radius 3 is 2.48 bits per heavy atom. The van der Waals surface area contributed by atoms with Gasteiger partial charge in [-0.25, -0.2) is 4.68 Å². The first kappa shape index (κ1) is 24.1. The van der Waals surface area contributed by atoms with Crippen molar-refractivity contribution in [1.82, 2.24) is 25.2 Å². The number of carbonyl (C=O) groups is 2. The van der Waals surface area contributed by atoms with Crippen molar-refractivity contribution in [3.63, 3.8) is 0 Å². The zero-order valence-corrected chi connectivity index (χ0v) is 20.4. The molecule has 33 heavy (non-hydrogen) atoms. The lowest BCUT2D eigenvalue weighted by Gasteiger charge is -2.35. The van der Waals surface area contributed by atoms with Crippen LogP contribution in [0.1, 0.15) is 78.0 Å². The molecule has 1 aliphatic heterocycles. The van der Waals surface area contributed by atoms with Gasteiger partial charge in [-0.3, -0.25) is 9.59 Å². The summed E-state index contributed by atoms with van der Waals surface area (Å²) in [4.78, 5) is 28.6. The van der Waals surface area contributed by atoms with E-state index in [1.165, 1.54) is 4.90 Å². The zero-order chi connectivity index (χ0) is 24.1. The third-order valence-electron chi connectivity index (χ3n) is 8.03. The van der Waals surface area contributed by atoms with E-state index >= 15 is 0 Å². The molecule has 1 aromatic heterocycles. The van der Waals surface area contributed by atoms with Crippen LogP contribution in [-0.2, 0) is 9.59 Å². The molecule has 3 N–H and O–H groups in total. The Hall–Kier alpha value is -2.00. The Kier molecular flexibility index (Phi) is 6.57. The lowest BCUT2D eigenvalue weighted by molar-refractivity contribution is -0.144. The lowest BCUT2D eigenvalue weighted by atomic mass is 9.85. The summed E-state index contributed by atoms with van der Waals surface area (Å²) >= 11 is 0. The number of nitrogens with zero attached hydrogens (tertiary/aromatic N) is 4. The summed E-state index contributed by atoms with van der Waals surface area (Å²) in [5.74, 6) is 0.695. The highest BCUT2D eigenvalue weighted by Crippen LogP contribution is 2.41. The van der Waals surface area contributed by atoms with E-state index in [2.05, 4.69) is 29.5 Å². The van der Waals surface area contributed by atoms with E-state index < -0.39 is 23.6 Å². The van der Waals surface area contributed by atoms with Crippen LogP contribution in [0.2, 0.25) is 0 Å². The minimum Gasteiger partial charge on any atom is -0.396 e. The van der Waals surface area contributed by atoms with Crippen molar-refractivity contribution in [3.8, 4) is 0 Å². The summed E-state index contributed by atoms with van der Waals surface area (Å²) in [6, 6.07) is -1.39. The summed E-state index contributed by atoms with van der Waals surface area (Å²) in [7, 11) is 0. The number of hydrogen-bond acceptors (Lipinski definition) is 6. The molecule has 1 aromatic rings. The molecule has 2 heterocycles. The quantitative estimate of drug-likeness (QED) is 0.590. The Morgan fingerprint density at radius 1 is 1.21 bits per heavy atom. The molecular weight excluding hydrogens is 422 g/mol. The van der Waals surface area contributed by atoms with Gasteiger partial charge in [0, 0.05) is 37.7 Å². The summed E-state index contributed by atoms with van der Waals surface area (Å²) in [6.07, 6.45) is 4.27. The number of rotatable bonds is 6. The van der Waals surface area contributed by atoms with E-state index in [1.807, 2.05) is 27.0 Å². The van der Waals surface area contributed by atoms with Gasteiger partial charge in [-0.05, 0) is 42.4 Å². The van der Waals surface area contributed by atoms with Gasteiger partial charge < -0.3 is 20.4 Å². The lowest BCUT2D eigenvalue weighted by Crippen LogP contribution is -2.52. The van der Waals surface area contributed by atoms with Crippen molar-refractivity contribution in [2.45, 2.75) is 90.4 Å². The van der Waals surface area contributed by atoms with Gasteiger partial charge >= 0.3 is 0 Å². The third-order valence-corrected chi connectivity index (χ3v) is 8.03. The van der Waals surface area contributed by atoms with Crippen molar-refractivity contribution >= 4 is 11.8 Å². The molecule has 1 saturated heterocycles. The summed E-state index contributed by atoms with van der Waals surface area (Å²) in [6.45, 7) is 10.4. The van der Waals surface area contributed by atoms with Crippen LogP contribution in [0.25, 0.3) is 0 Å². The van der Waals surface area contributed by atoms with Crippen LogP contribution in [0.5, 0.6) is 0 Å². The van der Waals surface area contributed by atoms with E-state index in [0.29, 0.717) is 11.8 Å². The molecule has 0 unspecified atom stereocenters.